The van der Waals surface area contributed by atoms with Gasteiger partial charge in [0.15, 0.2) is 0 Å². The average Bonchev–Trinajstić information content (AvgIpc) is 2.89. The van der Waals surface area contributed by atoms with Crippen LogP contribution in [-0.2, 0) is 0 Å². The van der Waals surface area contributed by atoms with E-state index in [4.69, 9.17) is 9.84 Å². The second-order valence-electron chi connectivity index (χ2n) is 3.74. The number of aromatic nitrogens is 2. The fourth-order valence-electron chi connectivity index (χ4n) is 1.53. The molecule has 0 aliphatic carbocycles. The number of ether oxygens (including phenoxy) is 1. The Bertz CT molecular complexity index is 423. The van der Waals surface area contributed by atoms with Gasteiger partial charge in [0.25, 0.3) is 0 Å². The molecule has 4 nitrogen and oxygen atoms in total. The highest BCUT2D eigenvalue weighted by atomic mass is 16.5. The average molecular weight is 232 g/mol. The van der Waals surface area contributed by atoms with Crippen LogP contribution in [0.5, 0.6) is 5.75 Å². The Hall–Kier alpha value is -1.81. The first-order chi connectivity index (χ1) is 8.40. The van der Waals surface area contributed by atoms with E-state index in [0.717, 1.165) is 24.3 Å². The third-order valence-electron chi connectivity index (χ3n) is 2.46. The smallest absolute Gasteiger partial charge is 0.119 e. The minimum Gasteiger partial charge on any atom is -0.494 e. The second-order valence-corrected chi connectivity index (χ2v) is 3.74. The lowest BCUT2D eigenvalue weighted by Crippen LogP contribution is -1.98. The van der Waals surface area contributed by atoms with Gasteiger partial charge in [-0.2, -0.15) is 0 Å². The Morgan fingerprint density at radius 3 is 2.65 bits per heavy atom. The number of aliphatic hydroxyl groups excluding tert-OH is 1. The van der Waals surface area contributed by atoms with Crippen LogP contribution in [0.1, 0.15) is 12.8 Å². The molecule has 0 saturated carbocycles. The highest BCUT2D eigenvalue weighted by Crippen LogP contribution is 2.15. The normalized spacial score (nSPS) is 10.4. The first-order valence-corrected chi connectivity index (χ1v) is 5.72. The Kier molecular flexibility index (Phi) is 4.16. The zero-order valence-corrected chi connectivity index (χ0v) is 9.62. The van der Waals surface area contributed by atoms with Gasteiger partial charge < -0.3 is 14.4 Å². The summed E-state index contributed by atoms with van der Waals surface area (Å²) in [4.78, 5) is 4.00. The first kappa shape index (κ1) is 11.7. The number of aliphatic hydroxyl groups is 1. The molecule has 90 valence electrons. The molecule has 2 rings (SSSR count). The van der Waals surface area contributed by atoms with Crippen molar-refractivity contribution in [3.05, 3.63) is 43.0 Å². The van der Waals surface area contributed by atoms with Gasteiger partial charge in [-0.1, -0.05) is 0 Å². The largest absolute Gasteiger partial charge is 0.494 e. The summed E-state index contributed by atoms with van der Waals surface area (Å²) in [5, 5.41) is 8.64. The molecular weight excluding hydrogens is 216 g/mol. The Morgan fingerprint density at radius 1 is 1.18 bits per heavy atom. The molecular formula is C13H16N2O2. The number of benzene rings is 1. The lowest BCUT2D eigenvalue weighted by molar-refractivity contribution is 0.253. The lowest BCUT2D eigenvalue weighted by Gasteiger charge is -2.07. The fraction of sp³-hybridized carbons (Fsp3) is 0.308. The van der Waals surface area contributed by atoms with Gasteiger partial charge in [-0.15, -0.1) is 0 Å². The molecule has 0 amide bonds. The number of nitrogens with zero attached hydrogens (tertiary/aromatic N) is 2. The highest BCUT2D eigenvalue weighted by Gasteiger charge is 1.97. The SMILES string of the molecule is OCCCCOc1ccc(-n2ccnc2)cc1. The molecule has 1 aromatic carbocycles. The molecule has 0 aliphatic rings. The summed E-state index contributed by atoms with van der Waals surface area (Å²) >= 11 is 0. The van der Waals surface area contributed by atoms with Crippen molar-refractivity contribution >= 4 is 0 Å². The van der Waals surface area contributed by atoms with Gasteiger partial charge >= 0.3 is 0 Å². The van der Waals surface area contributed by atoms with Crippen molar-refractivity contribution in [3.8, 4) is 11.4 Å². The van der Waals surface area contributed by atoms with E-state index >= 15 is 0 Å². The lowest BCUT2D eigenvalue weighted by atomic mass is 10.3. The minimum atomic E-state index is 0.225. The molecule has 1 N–H and O–H groups in total. The summed E-state index contributed by atoms with van der Waals surface area (Å²) in [6.07, 6.45) is 7.07. The summed E-state index contributed by atoms with van der Waals surface area (Å²) in [6, 6.07) is 7.86. The second kappa shape index (κ2) is 6.06. The van der Waals surface area contributed by atoms with Crippen molar-refractivity contribution in [2.75, 3.05) is 13.2 Å². The summed E-state index contributed by atoms with van der Waals surface area (Å²) in [6.45, 7) is 0.869. The predicted octanol–water partition coefficient (Wildman–Crippen LogP) is 2.02. The van der Waals surface area contributed by atoms with E-state index in [1.807, 2.05) is 35.0 Å². The monoisotopic (exact) mass is 232 g/mol. The van der Waals surface area contributed by atoms with Gasteiger partial charge in [0.1, 0.15) is 5.75 Å². The zero-order valence-electron chi connectivity index (χ0n) is 9.62. The van der Waals surface area contributed by atoms with E-state index in [0.29, 0.717) is 6.61 Å². The Morgan fingerprint density at radius 2 is 2.00 bits per heavy atom. The quantitative estimate of drug-likeness (QED) is 0.775. The van der Waals surface area contributed by atoms with Gasteiger partial charge in [-0.05, 0) is 37.1 Å². The summed E-state index contributed by atoms with van der Waals surface area (Å²) < 4.78 is 7.48. The number of unbranched alkanes of at least 4 members (excludes halogenated alkanes) is 1. The van der Waals surface area contributed by atoms with Crippen LogP contribution < -0.4 is 4.74 Å². The van der Waals surface area contributed by atoms with Crippen LogP contribution in [0.25, 0.3) is 5.69 Å². The van der Waals surface area contributed by atoms with Crippen LogP contribution in [0, 0.1) is 0 Å². The summed E-state index contributed by atoms with van der Waals surface area (Å²) in [7, 11) is 0. The van der Waals surface area contributed by atoms with Crippen molar-refractivity contribution in [1.29, 1.82) is 0 Å². The van der Waals surface area contributed by atoms with Crippen LogP contribution in [0.4, 0.5) is 0 Å². The van der Waals surface area contributed by atoms with Crippen LogP contribution in [0.2, 0.25) is 0 Å². The van der Waals surface area contributed by atoms with E-state index in [9.17, 15) is 0 Å². The van der Waals surface area contributed by atoms with Crippen molar-refractivity contribution in [2.24, 2.45) is 0 Å². The molecule has 1 heterocycles. The van der Waals surface area contributed by atoms with Crippen molar-refractivity contribution in [3.63, 3.8) is 0 Å². The number of hydrogen-bond donors (Lipinski definition) is 1. The van der Waals surface area contributed by atoms with Crippen molar-refractivity contribution in [2.45, 2.75) is 12.8 Å². The maximum absolute atomic E-state index is 8.64. The highest BCUT2D eigenvalue weighted by molar-refractivity contribution is 5.37. The van der Waals surface area contributed by atoms with Crippen LogP contribution in [-0.4, -0.2) is 27.9 Å². The van der Waals surface area contributed by atoms with Crippen LogP contribution >= 0.6 is 0 Å². The number of rotatable bonds is 6. The Labute approximate surface area is 100 Å². The molecule has 0 aliphatic heterocycles. The fourth-order valence-corrected chi connectivity index (χ4v) is 1.53. The third-order valence-corrected chi connectivity index (χ3v) is 2.46. The van der Waals surface area contributed by atoms with Gasteiger partial charge in [0.05, 0.1) is 12.9 Å². The Balaban J connectivity index is 1.90. The van der Waals surface area contributed by atoms with Gasteiger partial charge in [-0.25, -0.2) is 4.98 Å². The van der Waals surface area contributed by atoms with Gasteiger partial charge in [0, 0.05) is 24.7 Å². The number of imidazole rings is 1. The molecule has 0 radical (unpaired) electrons. The molecule has 0 unspecified atom stereocenters. The first-order valence-electron chi connectivity index (χ1n) is 5.72. The summed E-state index contributed by atoms with van der Waals surface area (Å²) in [5.74, 6) is 0.854. The van der Waals surface area contributed by atoms with Crippen molar-refractivity contribution in [1.82, 2.24) is 9.55 Å². The molecule has 4 heteroatoms. The van der Waals surface area contributed by atoms with E-state index in [2.05, 4.69) is 4.98 Å². The van der Waals surface area contributed by atoms with Gasteiger partial charge in [0.2, 0.25) is 0 Å². The van der Waals surface area contributed by atoms with Crippen LogP contribution in [0.15, 0.2) is 43.0 Å². The molecule has 0 atom stereocenters. The number of hydrogen-bond acceptors (Lipinski definition) is 3. The molecule has 17 heavy (non-hydrogen) atoms. The van der Waals surface area contributed by atoms with E-state index in [1.54, 1.807) is 12.5 Å². The zero-order chi connectivity index (χ0) is 11.9. The standard InChI is InChI=1S/C13H16N2O2/c16-9-1-2-10-17-13-5-3-12(4-6-13)15-8-7-14-11-15/h3-8,11,16H,1-2,9-10H2. The summed E-state index contributed by atoms with van der Waals surface area (Å²) in [5.41, 5.74) is 1.06. The maximum Gasteiger partial charge on any atom is 0.119 e. The molecule has 0 spiro atoms. The molecule has 1 aromatic heterocycles. The van der Waals surface area contributed by atoms with Gasteiger partial charge in [-0.3, -0.25) is 0 Å². The van der Waals surface area contributed by atoms with E-state index in [-0.39, 0.29) is 6.61 Å². The predicted molar refractivity (Wildman–Crippen MR) is 65.4 cm³/mol. The molecule has 0 saturated heterocycles. The van der Waals surface area contributed by atoms with Crippen molar-refractivity contribution < 1.29 is 9.84 Å². The molecule has 0 bridgehead atoms. The van der Waals surface area contributed by atoms with Crippen LogP contribution in [0.3, 0.4) is 0 Å². The third kappa shape index (κ3) is 3.32. The maximum atomic E-state index is 8.64. The molecule has 0 fully saturated rings. The molecule has 2 aromatic rings. The van der Waals surface area contributed by atoms with E-state index < -0.39 is 0 Å². The topological polar surface area (TPSA) is 47.3 Å². The minimum absolute atomic E-state index is 0.225. The van der Waals surface area contributed by atoms with E-state index in [1.165, 1.54) is 0 Å².